The lowest BCUT2D eigenvalue weighted by Gasteiger charge is -2.32. The highest BCUT2D eigenvalue weighted by Crippen LogP contribution is 2.19. The van der Waals surface area contributed by atoms with Gasteiger partial charge in [0.25, 0.3) is 5.91 Å². The van der Waals surface area contributed by atoms with E-state index in [0.717, 1.165) is 18.4 Å². The van der Waals surface area contributed by atoms with Gasteiger partial charge in [0.15, 0.2) is 0 Å². The van der Waals surface area contributed by atoms with Crippen LogP contribution in [-0.4, -0.2) is 51.2 Å². The minimum atomic E-state index is -3.36. The fraction of sp³-hybridized carbons (Fsp3) is 0.500. The van der Waals surface area contributed by atoms with E-state index in [1.165, 1.54) is 0 Å². The van der Waals surface area contributed by atoms with Crippen molar-refractivity contribution in [2.45, 2.75) is 19.9 Å². The fourth-order valence-electron chi connectivity index (χ4n) is 2.36. The zero-order valence-corrected chi connectivity index (χ0v) is 13.3. The first-order valence-corrected chi connectivity index (χ1v) is 8.76. The van der Waals surface area contributed by atoms with Crippen LogP contribution in [0.5, 0.6) is 0 Å². The summed E-state index contributed by atoms with van der Waals surface area (Å²) >= 11 is 0. The lowest BCUT2D eigenvalue weighted by molar-refractivity contribution is 0.0709. The number of anilines is 1. The number of benzene rings is 1. The number of aryl methyl sites for hydroxylation is 1. The van der Waals surface area contributed by atoms with Crippen molar-refractivity contribution >= 4 is 21.6 Å². The maximum absolute atomic E-state index is 12.5. The number of carbonyl (C=O) groups is 1. The third-order valence-electron chi connectivity index (χ3n) is 3.44. The third-order valence-corrected chi connectivity index (χ3v) is 4.03. The van der Waals surface area contributed by atoms with Gasteiger partial charge in [-0.05, 0) is 31.5 Å². The Morgan fingerprint density at radius 3 is 2.76 bits per heavy atom. The molecule has 1 atom stereocenters. The second-order valence-corrected chi connectivity index (χ2v) is 7.26. The molecule has 0 radical (unpaired) electrons. The Kier molecular flexibility index (Phi) is 4.53. The third kappa shape index (κ3) is 4.18. The van der Waals surface area contributed by atoms with Gasteiger partial charge in [0.1, 0.15) is 0 Å². The van der Waals surface area contributed by atoms with Crippen LogP contribution in [-0.2, 0) is 10.0 Å². The van der Waals surface area contributed by atoms with Crippen molar-refractivity contribution in [3.63, 3.8) is 0 Å². The van der Waals surface area contributed by atoms with Crippen LogP contribution in [0.2, 0.25) is 0 Å². The maximum atomic E-state index is 12.5. The molecule has 1 aromatic carbocycles. The normalized spacial score (nSPS) is 19.4. The van der Waals surface area contributed by atoms with Crippen molar-refractivity contribution < 1.29 is 13.2 Å². The summed E-state index contributed by atoms with van der Waals surface area (Å²) in [5.74, 6) is -0.0695. The average Bonchev–Trinajstić information content (AvgIpc) is 2.39. The lowest BCUT2D eigenvalue weighted by atomic mass is 10.1. The quantitative estimate of drug-likeness (QED) is 0.865. The molecule has 1 saturated heterocycles. The van der Waals surface area contributed by atoms with Crippen LogP contribution in [0, 0.1) is 6.92 Å². The Bertz CT molecular complexity index is 643. The Morgan fingerprint density at radius 2 is 2.14 bits per heavy atom. The molecule has 2 N–H and O–H groups in total. The number of piperazine rings is 1. The molecule has 0 saturated carbocycles. The van der Waals surface area contributed by atoms with Crippen LogP contribution in [0.4, 0.5) is 5.69 Å². The van der Waals surface area contributed by atoms with Crippen molar-refractivity contribution in [1.82, 2.24) is 10.2 Å². The molecule has 21 heavy (non-hydrogen) atoms. The average molecular weight is 311 g/mol. The molecule has 0 bridgehead atoms. The summed E-state index contributed by atoms with van der Waals surface area (Å²) in [5, 5.41) is 3.28. The molecule has 7 heteroatoms. The van der Waals surface area contributed by atoms with E-state index in [0.29, 0.717) is 24.3 Å². The van der Waals surface area contributed by atoms with Crippen LogP contribution in [0.1, 0.15) is 22.8 Å². The fourth-order valence-corrected chi connectivity index (χ4v) is 2.98. The first-order valence-electron chi connectivity index (χ1n) is 6.87. The minimum Gasteiger partial charge on any atom is -0.336 e. The van der Waals surface area contributed by atoms with Crippen molar-refractivity contribution in [1.29, 1.82) is 0 Å². The van der Waals surface area contributed by atoms with Gasteiger partial charge in [0.05, 0.1) is 11.9 Å². The van der Waals surface area contributed by atoms with Gasteiger partial charge < -0.3 is 10.2 Å². The first-order chi connectivity index (χ1) is 9.76. The second-order valence-electron chi connectivity index (χ2n) is 5.51. The molecule has 1 unspecified atom stereocenters. The van der Waals surface area contributed by atoms with Gasteiger partial charge in [-0.1, -0.05) is 6.07 Å². The predicted molar refractivity (Wildman–Crippen MR) is 83.0 cm³/mol. The standard InChI is InChI=1S/C14H21N3O3S/c1-10-4-5-12(8-13(10)16-21(3,19)20)14(18)17-7-6-15-11(2)9-17/h4-5,8,11,15-16H,6-7,9H2,1-3H3. The first kappa shape index (κ1) is 15.8. The highest BCUT2D eigenvalue weighted by atomic mass is 32.2. The van der Waals surface area contributed by atoms with E-state index in [1.54, 1.807) is 30.0 Å². The zero-order chi connectivity index (χ0) is 15.6. The van der Waals surface area contributed by atoms with Gasteiger partial charge in [-0.15, -0.1) is 0 Å². The van der Waals surface area contributed by atoms with Crippen molar-refractivity contribution in [2.24, 2.45) is 0 Å². The molecule has 1 heterocycles. The van der Waals surface area contributed by atoms with Crippen molar-refractivity contribution in [2.75, 3.05) is 30.6 Å². The number of rotatable bonds is 3. The Balaban J connectivity index is 2.23. The van der Waals surface area contributed by atoms with Gasteiger partial charge in [0.2, 0.25) is 10.0 Å². The molecule has 6 nitrogen and oxygen atoms in total. The summed E-state index contributed by atoms with van der Waals surface area (Å²) in [6.45, 7) is 5.92. The monoisotopic (exact) mass is 311 g/mol. The maximum Gasteiger partial charge on any atom is 0.254 e. The summed E-state index contributed by atoms with van der Waals surface area (Å²) in [5.41, 5.74) is 1.73. The van der Waals surface area contributed by atoms with Crippen LogP contribution in [0.25, 0.3) is 0 Å². The van der Waals surface area contributed by atoms with Gasteiger partial charge in [-0.2, -0.15) is 0 Å². The lowest BCUT2D eigenvalue weighted by Crippen LogP contribution is -2.51. The Hall–Kier alpha value is -1.60. The number of nitrogens with one attached hydrogen (secondary N) is 2. The smallest absolute Gasteiger partial charge is 0.254 e. The summed E-state index contributed by atoms with van der Waals surface area (Å²) in [7, 11) is -3.36. The predicted octanol–water partition coefficient (Wildman–Crippen LogP) is 0.800. The van der Waals surface area contributed by atoms with E-state index in [2.05, 4.69) is 10.0 Å². The van der Waals surface area contributed by atoms with E-state index in [9.17, 15) is 13.2 Å². The second kappa shape index (κ2) is 6.03. The summed E-state index contributed by atoms with van der Waals surface area (Å²) < 4.78 is 25.2. The van der Waals surface area contributed by atoms with E-state index < -0.39 is 10.0 Å². The molecule has 0 aromatic heterocycles. The molecular formula is C14H21N3O3S. The highest BCUT2D eigenvalue weighted by molar-refractivity contribution is 7.92. The van der Waals surface area contributed by atoms with E-state index in [-0.39, 0.29) is 11.9 Å². The van der Waals surface area contributed by atoms with Gasteiger partial charge >= 0.3 is 0 Å². The molecule has 1 aliphatic heterocycles. The van der Waals surface area contributed by atoms with Crippen molar-refractivity contribution in [3.05, 3.63) is 29.3 Å². The molecule has 1 fully saturated rings. The Morgan fingerprint density at radius 1 is 1.43 bits per heavy atom. The van der Waals surface area contributed by atoms with Crippen LogP contribution >= 0.6 is 0 Å². The van der Waals surface area contributed by atoms with Crippen molar-refractivity contribution in [3.8, 4) is 0 Å². The minimum absolute atomic E-state index is 0.0695. The molecule has 1 aliphatic rings. The highest BCUT2D eigenvalue weighted by Gasteiger charge is 2.22. The number of nitrogens with zero attached hydrogens (tertiary/aromatic N) is 1. The molecule has 1 amide bonds. The zero-order valence-electron chi connectivity index (χ0n) is 12.5. The van der Waals surface area contributed by atoms with Gasteiger partial charge in [-0.3, -0.25) is 9.52 Å². The SMILES string of the molecule is Cc1ccc(C(=O)N2CCNC(C)C2)cc1NS(C)(=O)=O. The summed E-state index contributed by atoms with van der Waals surface area (Å²) in [6, 6.07) is 5.36. The van der Waals surface area contributed by atoms with E-state index >= 15 is 0 Å². The van der Waals surface area contributed by atoms with E-state index in [1.807, 2.05) is 6.92 Å². The molecule has 2 rings (SSSR count). The van der Waals surface area contributed by atoms with Crippen LogP contribution in [0.15, 0.2) is 18.2 Å². The number of sulfonamides is 1. The van der Waals surface area contributed by atoms with Crippen LogP contribution < -0.4 is 10.0 Å². The molecule has 0 aliphatic carbocycles. The van der Waals surface area contributed by atoms with Gasteiger partial charge in [0, 0.05) is 31.2 Å². The molecular weight excluding hydrogens is 290 g/mol. The number of hydrogen-bond donors (Lipinski definition) is 2. The van der Waals surface area contributed by atoms with Gasteiger partial charge in [-0.25, -0.2) is 8.42 Å². The number of carbonyl (C=O) groups excluding carboxylic acids is 1. The largest absolute Gasteiger partial charge is 0.336 e. The number of amides is 1. The summed E-state index contributed by atoms with van der Waals surface area (Å²) in [6.07, 6.45) is 1.10. The number of hydrogen-bond acceptors (Lipinski definition) is 4. The topological polar surface area (TPSA) is 78.5 Å². The molecule has 116 valence electrons. The summed E-state index contributed by atoms with van der Waals surface area (Å²) in [4.78, 5) is 14.3. The molecule has 1 aromatic rings. The van der Waals surface area contributed by atoms with Crippen LogP contribution in [0.3, 0.4) is 0 Å². The van der Waals surface area contributed by atoms with E-state index in [4.69, 9.17) is 0 Å². The Labute approximate surface area is 125 Å². The molecule has 0 spiro atoms.